The van der Waals surface area contributed by atoms with Gasteiger partial charge in [-0.15, -0.1) is 0 Å². The molecule has 0 aliphatic carbocycles. The van der Waals surface area contributed by atoms with Crippen LogP contribution in [0.15, 0.2) is 30.5 Å². The van der Waals surface area contributed by atoms with E-state index in [1.54, 1.807) is 29.1 Å². The lowest BCUT2D eigenvalue weighted by molar-refractivity contribution is 0.102. The Balaban J connectivity index is 2.21. The first-order valence-corrected chi connectivity index (χ1v) is 6.15. The lowest BCUT2D eigenvalue weighted by Crippen LogP contribution is -2.15. The molecule has 0 fully saturated rings. The van der Waals surface area contributed by atoms with Crippen molar-refractivity contribution in [2.24, 2.45) is 7.05 Å². The van der Waals surface area contributed by atoms with Gasteiger partial charge in [0.05, 0.1) is 5.69 Å². The van der Waals surface area contributed by atoms with Crippen molar-refractivity contribution in [1.82, 2.24) is 14.8 Å². The largest absolute Gasteiger partial charge is 0.305 e. The molecule has 0 atom stereocenters. The van der Waals surface area contributed by atoms with Crippen molar-refractivity contribution in [3.05, 3.63) is 41.9 Å². The first-order chi connectivity index (χ1) is 8.88. The summed E-state index contributed by atoms with van der Waals surface area (Å²) in [4.78, 5) is 16.0. The van der Waals surface area contributed by atoms with Gasteiger partial charge in [-0.1, -0.05) is 26.8 Å². The van der Waals surface area contributed by atoms with Gasteiger partial charge in [0, 0.05) is 24.7 Å². The third kappa shape index (κ3) is 2.99. The summed E-state index contributed by atoms with van der Waals surface area (Å²) in [5, 5.41) is 7.23. The van der Waals surface area contributed by atoms with Crippen LogP contribution in [0.5, 0.6) is 0 Å². The number of nitrogens with zero attached hydrogens (tertiary/aromatic N) is 3. The molecule has 1 N–H and O–H groups in total. The maximum atomic E-state index is 12.0. The molecule has 0 aliphatic rings. The van der Waals surface area contributed by atoms with Gasteiger partial charge in [0.2, 0.25) is 0 Å². The van der Waals surface area contributed by atoms with E-state index < -0.39 is 0 Å². The van der Waals surface area contributed by atoms with Crippen molar-refractivity contribution in [2.45, 2.75) is 26.2 Å². The quantitative estimate of drug-likeness (QED) is 0.899. The average Bonchev–Trinajstić information content (AvgIpc) is 2.72. The summed E-state index contributed by atoms with van der Waals surface area (Å²) in [6, 6.07) is 7.13. The summed E-state index contributed by atoms with van der Waals surface area (Å²) in [5.41, 5.74) is 1.28. The van der Waals surface area contributed by atoms with Gasteiger partial charge in [-0.05, 0) is 12.1 Å². The summed E-state index contributed by atoms with van der Waals surface area (Å²) in [6.45, 7) is 6.25. The maximum Gasteiger partial charge on any atom is 0.275 e. The van der Waals surface area contributed by atoms with E-state index in [1.165, 1.54) is 0 Å². The predicted molar refractivity (Wildman–Crippen MR) is 74.1 cm³/mol. The molecule has 1 amide bonds. The maximum absolute atomic E-state index is 12.0. The Morgan fingerprint density at radius 3 is 2.58 bits per heavy atom. The van der Waals surface area contributed by atoms with Gasteiger partial charge in [-0.3, -0.25) is 14.5 Å². The molecular weight excluding hydrogens is 240 g/mol. The molecule has 2 aromatic heterocycles. The number of amides is 1. The van der Waals surface area contributed by atoms with Crippen molar-refractivity contribution >= 4 is 11.7 Å². The van der Waals surface area contributed by atoms with Crippen LogP contribution < -0.4 is 5.32 Å². The lowest BCUT2D eigenvalue weighted by atomic mass is 9.92. The van der Waals surface area contributed by atoms with E-state index in [0.29, 0.717) is 11.5 Å². The van der Waals surface area contributed by atoms with Gasteiger partial charge in [0.15, 0.2) is 0 Å². The number of aromatic nitrogens is 3. The fourth-order valence-electron chi connectivity index (χ4n) is 1.63. The molecule has 2 aromatic rings. The highest BCUT2D eigenvalue weighted by Gasteiger charge is 2.20. The van der Waals surface area contributed by atoms with Crippen LogP contribution >= 0.6 is 0 Å². The second-order valence-corrected chi connectivity index (χ2v) is 5.46. The smallest absolute Gasteiger partial charge is 0.275 e. The third-order valence-electron chi connectivity index (χ3n) is 2.79. The molecule has 19 heavy (non-hydrogen) atoms. The Labute approximate surface area is 112 Å². The van der Waals surface area contributed by atoms with Crippen LogP contribution in [0.4, 0.5) is 5.82 Å². The van der Waals surface area contributed by atoms with Gasteiger partial charge in [0.25, 0.3) is 5.91 Å². The lowest BCUT2D eigenvalue weighted by Gasteiger charge is -2.13. The SMILES string of the molecule is Cn1nc(C(C)(C)C)cc1NC(=O)c1ccccn1. The van der Waals surface area contributed by atoms with Crippen LogP contribution in [-0.4, -0.2) is 20.7 Å². The number of hydrogen-bond acceptors (Lipinski definition) is 3. The minimum Gasteiger partial charge on any atom is -0.305 e. The van der Waals surface area contributed by atoms with Crippen molar-refractivity contribution in [2.75, 3.05) is 5.32 Å². The number of carbonyl (C=O) groups excluding carboxylic acids is 1. The molecule has 2 rings (SSSR count). The number of nitrogens with one attached hydrogen (secondary N) is 1. The fraction of sp³-hybridized carbons (Fsp3) is 0.357. The van der Waals surface area contributed by atoms with Gasteiger partial charge in [-0.2, -0.15) is 5.10 Å². The van der Waals surface area contributed by atoms with Crippen LogP contribution in [0, 0.1) is 0 Å². The molecule has 5 nitrogen and oxygen atoms in total. The van der Waals surface area contributed by atoms with Gasteiger partial charge < -0.3 is 5.32 Å². The van der Waals surface area contributed by atoms with Crippen LogP contribution in [0.2, 0.25) is 0 Å². The van der Waals surface area contributed by atoms with Gasteiger partial charge in [-0.25, -0.2) is 0 Å². The number of aryl methyl sites for hydroxylation is 1. The molecular formula is C14H18N4O. The fourth-order valence-corrected chi connectivity index (χ4v) is 1.63. The van der Waals surface area contributed by atoms with Gasteiger partial charge in [0.1, 0.15) is 11.5 Å². The van der Waals surface area contributed by atoms with Crippen molar-refractivity contribution < 1.29 is 4.79 Å². The van der Waals surface area contributed by atoms with Crippen LogP contribution in [-0.2, 0) is 12.5 Å². The zero-order valence-electron chi connectivity index (χ0n) is 11.6. The van der Waals surface area contributed by atoms with Crippen LogP contribution in [0.25, 0.3) is 0 Å². The van der Waals surface area contributed by atoms with Crippen molar-refractivity contribution in [1.29, 1.82) is 0 Å². The second kappa shape index (κ2) is 4.84. The molecule has 0 saturated carbocycles. The average molecular weight is 258 g/mol. The summed E-state index contributed by atoms with van der Waals surface area (Å²) >= 11 is 0. The number of carbonyl (C=O) groups is 1. The predicted octanol–water partition coefficient (Wildman–Crippen LogP) is 2.36. The topological polar surface area (TPSA) is 59.8 Å². The van der Waals surface area contributed by atoms with E-state index in [-0.39, 0.29) is 11.3 Å². The first-order valence-electron chi connectivity index (χ1n) is 6.15. The molecule has 0 aliphatic heterocycles. The molecule has 0 saturated heterocycles. The molecule has 0 aromatic carbocycles. The van der Waals surface area contributed by atoms with Crippen molar-refractivity contribution in [3.63, 3.8) is 0 Å². The Bertz CT molecular complexity index is 581. The highest BCUT2D eigenvalue weighted by molar-refractivity contribution is 6.02. The number of pyridine rings is 1. The van der Waals surface area contributed by atoms with Crippen LogP contribution in [0.3, 0.4) is 0 Å². The second-order valence-electron chi connectivity index (χ2n) is 5.46. The van der Waals surface area contributed by atoms with E-state index >= 15 is 0 Å². The first kappa shape index (κ1) is 13.3. The highest BCUT2D eigenvalue weighted by atomic mass is 16.2. The molecule has 100 valence electrons. The number of hydrogen-bond donors (Lipinski definition) is 1. The minimum atomic E-state index is -0.232. The zero-order valence-corrected chi connectivity index (χ0v) is 11.6. The van der Waals surface area contributed by atoms with Gasteiger partial charge >= 0.3 is 0 Å². The summed E-state index contributed by atoms with van der Waals surface area (Å²) in [5.74, 6) is 0.435. The molecule has 5 heteroatoms. The van der Waals surface area contributed by atoms with Crippen LogP contribution in [0.1, 0.15) is 37.0 Å². The number of rotatable bonds is 2. The zero-order chi connectivity index (χ0) is 14.0. The van der Waals surface area contributed by atoms with E-state index in [1.807, 2.05) is 13.1 Å². The van der Waals surface area contributed by atoms with E-state index in [0.717, 1.165) is 5.69 Å². The molecule has 0 bridgehead atoms. The Kier molecular flexibility index (Phi) is 3.38. The Hall–Kier alpha value is -2.17. The minimum absolute atomic E-state index is 0.0499. The molecule has 0 spiro atoms. The van der Waals surface area contributed by atoms with E-state index in [9.17, 15) is 4.79 Å². The summed E-state index contributed by atoms with van der Waals surface area (Å²) in [7, 11) is 1.81. The molecule has 0 radical (unpaired) electrons. The normalized spacial score (nSPS) is 11.4. The monoisotopic (exact) mass is 258 g/mol. The summed E-state index contributed by atoms with van der Waals surface area (Å²) in [6.07, 6.45) is 1.60. The van der Waals surface area contributed by atoms with Crippen molar-refractivity contribution in [3.8, 4) is 0 Å². The molecule has 0 unspecified atom stereocenters. The number of anilines is 1. The highest BCUT2D eigenvalue weighted by Crippen LogP contribution is 2.23. The van der Waals surface area contributed by atoms with E-state index in [4.69, 9.17) is 0 Å². The molecule has 2 heterocycles. The Morgan fingerprint density at radius 1 is 1.32 bits per heavy atom. The standard InChI is InChI=1S/C14H18N4O/c1-14(2,3)11-9-12(18(4)17-11)16-13(19)10-7-5-6-8-15-10/h5-9H,1-4H3,(H,16,19). The van der Waals surface area contributed by atoms with E-state index in [2.05, 4.69) is 36.2 Å². The summed E-state index contributed by atoms with van der Waals surface area (Å²) < 4.78 is 1.67. The third-order valence-corrected chi connectivity index (χ3v) is 2.79. The Morgan fingerprint density at radius 2 is 2.05 bits per heavy atom.